The molecule has 0 aliphatic heterocycles. The molecule has 27 heavy (non-hydrogen) atoms. The Bertz CT molecular complexity index is 609. The maximum Gasteiger partial charge on any atom is 0.448 e. The molecule has 2 amide bonds. The molecule has 0 radical (unpaired) electrons. The summed E-state index contributed by atoms with van der Waals surface area (Å²) in [5, 5.41) is 3.53. The molecule has 0 aliphatic carbocycles. The minimum atomic E-state index is -3.04. The zero-order valence-electron chi connectivity index (χ0n) is 16.5. The Kier molecular flexibility index (Phi) is 12.5. The van der Waals surface area contributed by atoms with Crippen LogP contribution in [0.2, 0.25) is 0 Å². The van der Waals surface area contributed by atoms with Gasteiger partial charge in [0.2, 0.25) is 16.2 Å². The van der Waals surface area contributed by atoms with E-state index in [0.717, 1.165) is 16.1 Å². The van der Waals surface area contributed by atoms with Gasteiger partial charge in [-0.05, 0) is 31.9 Å². The third-order valence-electron chi connectivity index (χ3n) is 2.79. The van der Waals surface area contributed by atoms with Crippen LogP contribution in [0.4, 0.5) is 4.79 Å². The Morgan fingerprint density at radius 2 is 1.67 bits per heavy atom. The highest BCUT2D eigenvalue weighted by Gasteiger charge is 2.35. The van der Waals surface area contributed by atoms with Crippen molar-refractivity contribution in [3.05, 3.63) is 0 Å². The lowest BCUT2D eigenvalue weighted by atomic mass is 10.6. The van der Waals surface area contributed by atoms with Gasteiger partial charge < -0.3 is 13.9 Å². The molecular weight excluding hydrogens is 435 g/mol. The molecule has 10 nitrogen and oxygen atoms in total. The number of hydrogen-bond acceptors (Lipinski definition) is 9. The highest BCUT2D eigenvalue weighted by atomic mass is 32.5. The lowest BCUT2D eigenvalue weighted by molar-refractivity contribution is -0.121. The third-order valence-corrected chi connectivity index (χ3v) is 9.26. The first-order valence-electron chi connectivity index (χ1n) is 7.96. The van der Waals surface area contributed by atoms with Crippen molar-refractivity contribution in [1.82, 2.24) is 13.3 Å². The van der Waals surface area contributed by atoms with Crippen LogP contribution < -0.4 is 0 Å². The summed E-state index contributed by atoms with van der Waals surface area (Å²) in [5.41, 5.74) is 0. The smallest absolute Gasteiger partial charge is 0.343 e. The summed E-state index contributed by atoms with van der Waals surface area (Å²) in [7, 11) is 4.36. The van der Waals surface area contributed by atoms with Crippen LogP contribution in [0.25, 0.3) is 0 Å². The van der Waals surface area contributed by atoms with E-state index in [1.807, 2.05) is 0 Å². The van der Waals surface area contributed by atoms with E-state index < -0.39 is 29.8 Å². The number of carbonyl (C=O) groups excluding carboxylic acids is 2. The van der Waals surface area contributed by atoms with E-state index in [-0.39, 0.29) is 24.8 Å². The van der Waals surface area contributed by atoms with Gasteiger partial charge in [0.1, 0.15) is 0 Å². The minimum Gasteiger partial charge on any atom is -0.343 e. The van der Waals surface area contributed by atoms with Crippen molar-refractivity contribution in [3.63, 3.8) is 0 Å². The number of rotatable bonds is 9. The highest BCUT2D eigenvalue weighted by Crippen LogP contribution is 2.53. The molecule has 0 aromatic carbocycles. The largest absolute Gasteiger partial charge is 0.448 e. The molecule has 0 heterocycles. The first-order chi connectivity index (χ1) is 12.6. The van der Waals surface area contributed by atoms with Crippen molar-refractivity contribution < 1.29 is 27.7 Å². The molecule has 158 valence electrons. The number of oxime groups is 1. The second kappa shape index (κ2) is 12.8. The summed E-state index contributed by atoms with van der Waals surface area (Å²) in [5.74, 6) is -0.419. The maximum atomic E-state index is 12.8. The molecule has 0 aromatic heterocycles. The summed E-state index contributed by atoms with van der Waals surface area (Å²) < 4.78 is 26.0. The van der Waals surface area contributed by atoms with Gasteiger partial charge in [-0.2, -0.15) is 0 Å². The van der Waals surface area contributed by atoms with Gasteiger partial charge >= 0.3 is 6.09 Å². The van der Waals surface area contributed by atoms with Gasteiger partial charge in [0.15, 0.2) is 0 Å². The Morgan fingerprint density at radius 3 is 2.04 bits per heavy atom. The third kappa shape index (κ3) is 7.76. The van der Waals surface area contributed by atoms with Crippen molar-refractivity contribution in [1.29, 1.82) is 0 Å². The average molecular weight is 463 g/mol. The normalized spacial score (nSPS) is 13.4. The Labute approximate surface area is 172 Å². The van der Waals surface area contributed by atoms with Crippen LogP contribution in [0.5, 0.6) is 0 Å². The fourth-order valence-corrected chi connectivity index (χ4v) is 6.81. The van der Waals surface area contributed by atoms with E-state index >= 15 is 0 Å². The second-order valence-electron chi connectivity index (χ2n) is 4.86. The summed E-state index contributed by atoms with van der Waals surface area (Å²) in [6.45, 7) is 2.94. The lowest BCUT2D eigenvalue weighted by Gasteiger charge is -2.32. The number of carbonyl (C=O) groups is 2. The van der Waals surface area contributed by atoms with Crippen LogP contribution in [0.1, 0.15) is 20.8 Å². The van der Waals surface area contributed by atoms with Crippen LogP contribution in [-0.4, -0.2) is 81.7 Å². The molecule has 0 spiro atoms. The summed E-state index contributed by atoms with van der Waals surface area (Å²) in [6, 6.07) is 0. The highest BCUT2D eigenvalue weighted by molar-refractivity contribution is 8.15. The van der Waals surface area contributed by atoms with Crippen LogP contribution in [0, 0.1) is 0 Å². The fourth-order valence-electron chi connectivity index (χ4n) is 1.56. The quantitative estimate of drug-likeness (QED) is 0.169. The molecule has 0 rings (SSSR count). The molecule has 0 aromatic rings. The number of hydrogen-bond donors (Lipinski definition) is 0. The van der Waals surface area contributed by atoms with Crippen molar-refractivity contribution >= 4 is 58.4 Å². The Balaban J connectivity index is 5.36. The van der Waals surface area contributed by atoms with Gasteiger partial charge in [-0.1, -0.05) is 12.1 Å². The summed E-state index contributed by atoms with van der Waals surface area (Å²) in [6.07, 6.45) is 0.606. The first kappa shape index (κ1) is 26.4. The molecule has 0 saturated carbocycles. The minimum absolute atomic E-state index is 0.0198. The number of thioether (sulfide) groups is 1. The van der Waals surface area contributed by atoms with E-state index in [9.17, 15) is 13.8 Å². The van der Waals surface area contributed by atoms with E-state index in [2.05, 4.69) is 5.16 Å². The summed E-state index contributed by atoms with van der Waals surface area (Å²) >= 11 is 4.43. The molecule has 0 aliphatic rings. The predicted octanol–water partition coefficient (Wildman–Crippen LogP) is 2.02. The standard InChI is InChI=1S/C13H27N4O6PS3/c1-8-17(24(25,21-9-2)22-10-3)27(20)16(6)13(19)23-14-11(26-7)12(18)15(4)5/h8-10H2,1-7H3. The van der Waals surface area contributed by atoms with Crippen molar-refractivity contribution in [2.24, 2.45) is 5.16 Å². The van der Waals surface area contributed by atoms with E-state index in [0.29, 0.717) is 0 Å². The molecule has 14 heteroatoms. The van der Waals surface area contributed by atoms with Crippen LogP contribution in [-0.2, 0) is 41.7 Å². The van der Waals surface area contributed by atoms with Crippen molar-refractivity contribution in [2.45, 2.75) is 20.8 Å². The van der Waals surface area contributed by atoms with Gasteiger partial charge in [-0.15, -0.1) is 15.8 Å². The molecule has 1 unspecified atom stereocenters. The second-order valence-corrected chi connectivity index (χ2v) is 10.7. The van der Waals surface area contributed by atoms with Crippen LogP contribution >= 0.6 is 18.4 Å². The monoisotopic (exact) mass is 462 g/mol. The van der Waals surface area contributed by atoms with Crippen molar-refractivity contribution in [3.8, 4) is 0 Å². The van der Waals surface area contributed by atoms with Gasteiger partial charge in [-0.3, -0.25) is 9.63 Å². The number of nitrogens with zero attached hydrogens (tertiary/aromatic N) is 4. The Hall–Kier alpha value is -0.560. The van der Waals surface area contributed by atoms with Crippen molar-refractivity contribution in [2.75, 3.05) is 47.2 Å². The van der Waals surface area contributed by atoms with Gasteiger partial charge in [0, 0.05) is 27.7 Å². The van der Waals surface area contributed by atoms with Gasteiger partial charge in [0.25, 0.3) is 12.5 Å². The first-order valence-corrected chi connectivity index (χ1v) is 12.8. The molecule has 0 fully saturated rings. The van der Waals surface area contributed by atoms with Crippen LogP contribution in [0.3, 0.4) is 0 Å². The molecular formula is C13H27N4O6PS3. The van der Waals surface area contributed by atoms with E-state index in [1.165, 1.54) is 16.0 Å². The molecule has 0 N–H and O–H groups in total. The maximum absolute atomic E-state index is 12.8. The predicted molar refractivity (Wildman–Crippen MR) is 112 cm³/mol. The zero-order valence-corrected chi connectivity index (χ0v) is 19.9. The molecule has 1 atom stereocenters. The average Bonchev–Trinajstić information content (AvgIpc) is 2.61. The SMILES string of the molecule is CCOP(=S)(OCC)N(CC)S(=O)N(C)C(=O)ON=C(SC)C(=O)N(C)C. The lowest BCUT2D eigenvalue weighted by Crippen LogP contribution is -2.39. The fraction of sp³-hybridized carbons (Fsp3) is 0.769. The van der Waals surface area contributed by atoms with Crippen LogP contribution in [0.15, 0.2) is 5.16 Å². The van der Waals surface area contributed by atoms with E-state index in [1.54, 1.807) is 41.1 Å². The number of amides is 2. The van der Waals surface area contributed by atoms with Gasteiger partial charge in [-0.25, -0.2) is 13.3 Å². The summed E-state index contributed by atoms with van der Waals surface area (Å²) in [4.78, 5) is 30.1. The molecule has 0 bridgehead atoms. The Morgan fingerprint density at radius 1 is 1.15 bits per heavy atom. The zero-order chi connectivity index (χ0) is 21.2. The topological polar surface area (TPSA) is 101 Å². The van der Waals surface area contributed by atoms with E-state index in [4.69, 9.17) is 25.7 Å². The van der Waals surface area contributed by atoms with Gasteiger partial charge in [0.05, 0.1) is 13.2 Å². The molecule has 0 saturated heterocycles.